The Morgan fingerprint density at radius 3 is 1.87 bits per heavy atom. The third kappa shape index (κ3) is 6.94. The smallest absolute Gasteiger partial charge is 0.172 e. The van der Waals surface area contributed by atoms with E-state index in [1.165, 1.54) is 73.7 Å². The molecule has 0 saturated heterocycles. The van der Waals surface area contributed by atoms with Crippen molar-refractivity contribution in [2.45, 2.75) is 88.5 Å². The minimum atomic E-state index is 0. The van der Waals surface area contributed by atoms with E-state index < -0.39 is 0 Å². The first-order chi connectivity index (χ1) is 23.6. The van der Waals surface area contributed by atoms with Crippen LogP contribution in [0, 0.1) is 47.3 Å². The van der Waals surface area contributed by atoms with Crippen molar-refractivity contribution in [3.05, 3.63) is 171 Å². The molecule has 0 bridgehead atoms. The summed E-state index contributed by atoms with van der Waals surface area (Å²) in [5, 5.41) is 0. The Morgan fingerprint density at radius 1 is 0.750 bits per heavy atom. The maximum atomic E-state index is 2.62. The average molecular weight is 807 g/mol. The van der Waals surface area contributed by atoms with Gasteiger partial charge in [0.05, 0.1) is 0 Å². The summed E-state index contributed by atoms with van der Waals surface area (Å²) in [7, 11) is 0. The molecule has 0 radical (unpaired) electrons. The maximum absolute atomic E-state index is 2.62. The normalized spacial score (nSPS) is 22.5. The van der Waals surface area contributed by atoms with Crippen molar-refractivity contribution in [2.24, 2.45) is 27.6 Å². The number of halogens is 2. The second kappa shape index (κ2) is 16.0. The van der Waals surface area contributed by atoms with Crippen molar-refractivity contribution in [3.8, 4) is 0 Å². The third-order valence-corrected chi connectivity index (χ3v) is 15.4. The van der Waals surface area contributed by atoms with E-state index in [1.54, 1.807) is 28.2 Å². The molecule has 0 amide bonds. The molecular weight excluding hydrogens is 751 g/mol. The van der Waals surface area contributed by atoms with Gasteiger partial charge < -0.3 is 24.8 Å². The summed E-state index contributed by atoms with van der Waals surface area (Å²) in [4.78, 5) is 0. The second-order valence-corrected chi connectivity index (χ2v) is 18.1. The molecule has 4 aliphatic carbocycles. The molecule has 0 nitrogen and oxygen atoms in total. The van der Waals surface area contributed by atoms with Crippen LogP contribution in [0.3, 0.4) is 0 Å². The van der Waals surface area contributed by atoms with Crippen LogP contribution in [-0.4, -0.2) is 3.21 Å². The molecule has 4 aromatic rings. The zero-order chi connectivity index (χ0) is 36.1. The molecule has 52 heavy (non-hydrogen) atoms. The second-order valence-electron chi connectivity index (χ2n) is 16.8. The Hall–Kier alpha value is -2.57. The van der Waals surface area contributed by atoms with Gasteiger partial charge >= 0.3 is 112 Å². The first-order valence-corrected chi connectivity index (χ1v) is 19.8. The molecule has 8 rings (SSSR count). The Bertz CT molecular complexity index is 1920. The first kappa shape index (κ1) is 42.2. The molecule has 1 saturated carbocycles. The molecule has 2 atom stereocenters. The van der Waals surface area contributed by atoms with E-state index in [2.05, 4.69) is 154 Å². The Balaban J connectivity index is 0.000000221. The molecule has 1 fully saturated rings. The molecule has 3 heteroatoms. The van der Waals surface area contributed by atoms with Gasteiger partial charge in [-0.25, -0.2) is 18.1 Å². The number of allylic oxidation sites excluding steroid dienone is 6. The van der Waals surface area contributed by atoms with E-state index in [9.17, 15) is 0 Å². The monoisotopic (exact) mass is 804 g/mol. The summed E-state index contributed by atoms with van der Waals surface area (Å²) in [6, 6.07) is 36.6. The van der Waals surface area contributed by atoms with Gasteiger partial charge in [-0.2, -0.15) is 29.3 Å². The first-order valence-electron chi connectivity index (χ1n) is 18.6. The molecule has 0 N–H and O–H groups in total. The predicted molar refractivity (Wildman–Crippen MR) is 212 cm³/mol. The minimum absolute atomic E-state index is 0. The zero-order valence-corrected chi connectivity index (χ0v) is 36.9. The zero-order valence-electron chi connectivity index (χ0n) is 32.9. The van der Waals surface area contributed by atoms with Crippen LogP contribution in [0.15, 0.2) is 132 Å². The van der Waals surface area contributed by atoms with Gasteiger partial charge in [-0.1, -0.05) is 113 Å². The molecule has 4 aliphatic rings. The summed E-state index contributed by atoms with van der Waals surface area (Å²) < 4.78 is 1.43. The number of hydrogen-bond acceptors (Lipinski definition) is 0. The molecule has 2 unspecified atom stereocenters. The van der Waals surface area contributed by atoms with Gasteiger partial charge in [0.1, 0.15) is 0 Å². The fraction of sp³-hybridized carbons (Fsp3) is 0.367. The SMILES string of the molecule is C[C-]1C2=C3Cc4ccccc4C3=C3C=CCCC3C2(C)C(C)(C)C(C)(C)C1(C)C.Cc1cccc([C](=[Zr+2])c2cccc(C)c2)c1.[Cl-].[Cl-].c1cc[cH-]c1. The molecule has 272 valence electrons. The van der Waals surface area contributed by atoms with Gasteiger partial charge in [0, 0.05) is 0 Å². The van der Waals surface area contributed by atoms with Gasteiger partial charge in [0.15, 0.2) is 0 Å². The topological polar surface area (TPSA) is 0 Å². The van der Waals surface area contributed by atoms with Gasteiger partial charge in [-0.3, -0.25) is 0 Å². The maximum Gasteiger partial charge on any atom is -0.172 e. The van der Waals surface area contributed by atoms with Gasteiger partial charge in [-0.05, 0) is 40.6 Å². The molecular formula is C49H56Cl2Zr-2. The Kier molecular flexibility index (Phi) is 13.0. The van der Waals surface area contributed by atoms with E-state index in [4.69, 9.17) is 0 Å². The van der Waals surface area contributed by atoms with E-state index >= 15 is 0 Å². The Morgan fingerprint density at radius 2 is 1.33 bits per heavy atom. The van der Waals surface area contributed by atoms with E-state index in [0.29, 0.717) is 5.92 Å². The number of benzene rings is 3. The quantitative estimate of drug-likeness (QED) is 0.196. The van der Waals surface area contributed by atoms with Crippen LogP contribution in [-0.2, 0) is 30.7 Å². The minimum Gasteiger partial charge on any atom is -1.00 e. The largest absolute Gasteiger partial charge is 1.00 e. The van der Waals surface area contributed by atoms with Gasteiger partial charge in [0.25, 0.3) is 0 Å². The van der Waals surface area contributed by atoms with E-state index in [0.717, 1.165) is 6.42 Å². The fourth-order valence-corrected chi connectivity index (χ4v) is 10.4. The van der Waals surface area contributed by atoms with Crippen LogP contribution in [0.1, 0.15) is 102 Å². The third-order valence-electron chi connectivity index (χ3n) is 14.0. The fourth-order valence-electron chi connectivity index (χ4n) is 9.66. The van der Waals surface area contributed by atoms with Crippen molar-refractivity contribution in [2.75, 3.05) is 0 Å². The summed E-state index contributed by atoms with van der Waals surface area (Å²) in [5.41, 5.74) is 15.6. The van der Waals surface area contributed by atoms with Crippen LogP contribution >= 0.6 is 0 Å². The number of rotatable bonds is 2. The average Bonchev–Trinajstić information content (AvgIpc) is 3.80. The molecule has 0 aromatic heterocycles. The van der Waals surface area contributed by atoms with Crippen LogP contribution in [0.5, 0.6) is 0 Å². The summed E-state index contributed by atoms with van der Waals surface area (Å²) in [6.45, 7) is 24.6. The van der Waals surface area contributed by atoms with E-state index in [-0.39, 0.29) is 46.5 Å². The molecule has 0 spiro atoms. The summed E-state index contributed by atoms with van der Waals surface area (Å²) in [5.74, 6) is 2.24. The van der Waals surface area contributed by atoms with Crippen LogP contribution in [0.25, 0.3) is 5.57 Å². The van der Waals surface area contributed by atoms with Crippen molar-refractivity contribution in [1.82, 2.24) is 0 Å². The van der Waals surface area contributed by atoms with E-state index in [1.807, 2.05) is 30.3 Å². The van der Waals surface area contributed by atoms with Crippen molar-refractivity contribution < 1.29 is 49.0 Å². The molecule has 4 aromatic carbocycles. The standard InChI is InChI=1S/C29H37.C15H14.C5H5.2ClH.Zr/c1-18-25-22-17-19-13-9-10-14-20(19)24(22)21-15-11-12-16-23(21)29(25,8)28(6,7)27(4,5)26(18,2)3;1-12-5-3-7-14(9-12)11-15-8-4-6-13(2)10-15;1-2-4-5-3-1;;;/h9-11,13-15,23H,12,16-17H2,1-8H3;3-10H,1-2H3;1-5H;2*1H;/q-1;;-1;;;+2/p-2. The van der Waals surface area contributed by atoms with Crippen LogP contribution in [0.2, 0.25) is 0 Å². The predicted octanol–water partition coefficient (Wildman–Crippen LogP) is 6.80. The Labute approximate surface area is 342 Å². The van der Waals surface area contributed by atoms with Gasteiger partial charge in [-0.15, -0.1) is 6.92 Å². The molecule has 0 heterocycles. The molecule has 0 aliphatic heterocycles. The van der Waals surface area contributed by atoms with Crippen LogP contribution in [0.4, 0.5) is 0 Å². The van der Waals surface area contributed by atoms with Crippen molar-refractivity contribution >= 4 is 8.78 Å². The number of aryl methyl sites for hydroxylation is 2. The van der Waals surface area contributed by atoms with Crippen molar-refractivity contribution in [3.63, 3.8) is 0 Å². The van der Waals surface area contributed by atoms with Gasteiger partial charge in [0.2, 0.25) is 0 Å². The number of fused-ring (bicyclic) bond motifs is 6. The number of hydrogen-bond donors (Lipinski definition) is 0. The van der Waals surface area contributed by atoms with Crippen LogP contribution < -0.4 is 24.8 Å². The summed E-state index contributed by atoms with van der Waals surface area (Å²) >= 11 is 1.47. The van der Waals surface area contributed by atoms with Crippen molar-refractivity contribution in [1.29, 1.82) is 0 Å². The summed E-state index contributed by atoms with van der Waals surface area (Å²) in [6.07, 6.45) is 8.50.